The molecule has 1 aromatic heterocycles. The van der Waals surface area contributed by atoms with E-state index in [1.165, 1.54) is 30.9 Å². The number of aromatic nitrogens is 2. The number of ketones is 1. The summed E-state index contributed by atoms with van der Waals surface area (Å²) in [6.07, 6.45) is 0. The van der Waals surface area contributed by atoms with Crippen molar-refractivity contribution in [3.8, 4) is 17.6 Å². The van der Waals surface area contributed by atoms with Gasteiger partial charge in [0.05, 0.1) is 43.5 Å². The lowest BCUT2D eigenvalue weighted by Gasteiger charge is -2.36. The number of carbonyl (C=O) groups excluding carboxylic acids is 3. The Hall–Kier alpha value is -4.44. The zero-order valence-electron chi connectivity index (χ0n) is 26.4. The molecule has 0 bridgehead atoms. The third-order valence-electron chi connectivity index (χ3n) is 8.79. The van der Waals surface area contributed by atoms with Crippen LogP contribution in [-0.4, -0.2) is 97.3 Å². The number of hydrogen-bond acceptors (Lipinski definition) is 9. The van der Waals surface area contributed by atoms with Gasteiger partial charge in [-0.1, -0.05) is 29.8 Å². The largest absolute Gasteiger partial charge is 0.493 e. The molecule has 3 heterocycles. The van der Waals surface area contributed by atoms with Crippen molar-refractivity contribution in [2.45, 2.75) is 24.9 Å². The van der Waals surface area contributed by atoms with E-state index in [0.717, 1.165) is 0 Å². The minimum Gasteiger partial charge on any atom is -0.493 e. The molecule has 2 aliphatic heterocycles. The van der Waals surface area contributed by atoms with Gasteiger partial charge in [-0.05, 0) is 36.8 Å². The average molecular weight is 649 g/mol. The molecule has 4 unspecified atom stereocenters. The minimum atomic E-state index is -1.10. The van der Waals surface area contributed by atoms with Crippen molar-refractivity contribution >= 4 is 29.2 Å². The highest BCUT2D eigenvalue weighted by molar-refractivity contribution is 6.30. The number of nitrogens with zero attached hydrogens (tertiary/aromatic N) is 5. The molecule has 13 heteroatoms. The summed E-state index contributed by atoms with van der Waals surface area (Å²) < 4.78 is 17.9. The van der Waals surface area contributed by atoms with E-state index >= 15 is 0 Å². The number of aryl methyl sites for hydroxylation is 2. The van der Waals surface area contributed by atoms with Crippen LogP contribution in [0.5, 0.6) is 11.5 Å². The first-order valence-corrected chi connectivity index (χ1v) is 15.3. The van der Waals surface area contributed by atoms with Crippen LogP contribution in [0, 0.1) is 24.2 Å². The Morgan fingerprint density at radius 1 is 1.04 bits per heavy atom. The molecular formula is C33H37ClN6O6. The molecule has 5 rings (SSSR count). The highest BCUT2D eigenvalue weighted by atomic mass is 35.5. The first-order valence-electron chi connectivity index (χ1n) is 14.9. The Bertz CT molecular complexity index is 1660. The second-order valence-corrected chi connectivity index (χ2v) is 11.7. The summed E-state index contributed by atoms with van der Waals surface area (Å²) in [4.78, 5) is 47.0. The number of amides is 2. The summed E-state index contributed by atoms with van der Waals surface area (Å²) in [6.45, 7) is 3.50. The number of benzene rings is 2. The zero-order valence-corrected chi connectivity index (χ0v) is 27.2. The Kier molecular flexibility index (Phi) is 9.96. The molecular weight excluding hydrogens is 612 g/mol. The van der Waals surface area contributed by atoms with Crippen LogP contribution in [0.4, 0.5) is 0 Å². The van der Waals surface area contributed by atoms with E-state index in [1.807, 2.05) is 0 Å². The number of ether oxygens (including phenoxy) is 3. The van der Waals surface area contributed by atoms with Crippen molar-refractivity contribution in [1.29, 1.82) is 5.26 Å². The number of Topliss-reactive ketones (excluding diaryl/α,β-unsaturated/α-hetero) is 1. The Labute approximate surface area is 272 Å². The van der Waals surface area contributed by atoms with Crippen molar-refractivity contribution in [2.75, 3.05) is 54.1 Å². The molecule has 2 aromatic carbocycles. The number of nitriles is 1. The SMILES string of the molecule is COCC(=O)N1C(C(=O)N2CCNCC2)C(c2ccc(OC)c(OC)c2)C(C(=O)c2ccc(C#N)cc2)C1c1c(C)nn(C)c1Cl. The topological polar surface area (TPSA) is 139 Å². The lowest BCUT2D eigenvalue weighted by molar-refractivity contribution is -0.148. The Morgan fingerprint density at radius 2 is 1.72 bits per heavy atom. The lowest BCUT2D eigenvalue weighted by Crippen LogP contribution is -2.55. The summed E-state index contributed by atoms with van der Waals surface area (Å²) >= 11 is 6.90. The fourth-order valence-corrected chi connectivity index (χ4v) is 7.01. The third kappa shape index (κ3) is 5.93. The van der Waals surface area contributed by atoms with Gasteiger partial charge in [-0.3, -0.25) is 19.1 Å². The monoisotopic (exact) mass is 648 g/mol. The van der Waals surface area contributed by atoms with Gasteiger partial charge in [-0.25, -0.2) is 0 Å². The van der Waals surface area contributed by atoms with Crippen molar-refractivity contribution < 1.29 is 28.6 Å². The maximum absolute atomic E-state index is 14.9. The van der Waals surface area contributed by atoms with E-state index in [4.69, 9.17) is 25.8 Å². The predicted molar refractivity (Wildman–Crippen MR) is 169 cm³/mol. The Balaban J connectivity index is 1.82. The van der Waals surface area contributed by atoms with Gasteiger partial charge in [0.25, 0.3) is 0 Å². The molecule has 12 nitrogen and oxygen atoms in total. The normalized spacial score (nSPS) is 21.2. The molecule has 0 aliphatic carbocycles. The number of carbonyl (C=O) groups is 3. The first kappa shape index (κ1) is 32.9. The molecule has 46 heavy (non-hydrogen) atoms. The van der Waals surface area contributed by atoms with Crippen LogP contribution in [0.1, 0.15) is 44.7 Å². The van der Waals surface area contributed by atoms with Crippen molar-refractivity contribution in [2.24, 2.45) is 13.0 Å². The summed E-state index contributed by atoms with van der Waals surface area (Å²) in [6, 6.07) is 11.6. The van der Waals surface area contributed by atoms with E-state index in [0.29, 0.717) is 65.6 Å². The Morgan fingerprint density at radius 3 is 2.28 bits per heavy atom. The highest BCUT2D eigenvalue weighted by Gasteiger charge is 2.59. The van der Waals surface area contributed by atoms with E-state index in [-0.39, 0.29) is 23.5 Å². The maximum Gasteiger partial charge on any atom is 0.249 e. The van der Waals surface area contributed by atoms with E-state index in [9.17, 15) is 19.6 Å². The zero-order chi connectivity index (χ0) is 33.1. The van der Waals surface area contributed by atoms with Crippen molar-refractivity contribution in [1.82, 2.24) is 24.9 Å². The van der Waals surface area contributed by atoms with E-state index < -0.39 is 29.8 Å². The maximum atomic E-state index is 14.9. The quantitative estimate of drug-likeness (QED) is 0.347. The summed E-state index contributed by atoms with van der Waals surface area (Å²) in [5, 5.41) is 17.4. The number of piperazine rings is 1. The average Bonchev–Trinajstić information content (AvgIpc) is 3.55. The fourth-order valence-electron chi connectivity index (χ4n) is 6.72. The van der Waals surface area contributed by atoms with E-state index in [1.54, 1.807) is 61.3 Å². The second-order valence-electron chi connectivity index (χ2n) is 11.3. The van der Waals surface area contributed by atoms with Gasteiger partial charge >= 0.3 is 0 Å². The summed E-state index contributed by atoms with van der Waals surface area (Å²) in [5.74, 6) is -2.04. The van der Waals surface area contributed by atoms with Crippen LogP contribution in [-0.2, 0) is 21.4 Å². The predicted octanol–water partition coefficient (Wildman–Crippen LogP) is 2.88. The fraction of sp³-hybridized carbons (Fsp3) is 0.424. The molecule has 2 amide bonds. The van der Waals surface area contributed by atoms with Crippen LogP contribution in [0.3, 0.4) is 0 Å². The van der Waals surface area contributed by atoms with Gasteiger partial charge in [0, 0.05) is 57.4 Å². The number of methoxy groups -OCH3 is 3. The van der Waals surface area contributed by atoms with Crippen LogP contribution in [0.2, 0.25) is 5.15 Å². The van der Waals surface area contributed by atoms with E-state index in [2.05, 4.69) is 16.5 Å². The first-order chi connectivity index (χ1) is 22.2. The molecule has 0 spiro atoms. The van der Waals surface area contributed by atoms with Crippen LogP contribution >= 0.6 is 11.6 Å². The van der Waals surface area contributed by atoms with Gasteiger partial charge in [0.1, 0.15) is 17.8 Å². The van der Waals surface area contributed by atoms with Crippen molar-refractivity contribution in [3.05, 3.63) is 75.6 Å². The van der Waals surface area contributed by atoms with Crippen molar-refractivity contribution in [3.63, 3.8) is 0 Å². The van der Waals surface area contributed by atoms with Gasteiger partial charge in [-0.15, -0.1) is 0 Å². The smallest absolute Gasteiger partial charge is 0.249 e. The number of rotatable bonds is 9. The highest BCUT2D eigenvalue weighted by Crippen LogP contribution is 2.54. The molecule has 0 radical (unpaired) electrons. The summed E-state index contributed by atoms with van der Waals surface area (Å²) in [5.41, 5.74) is 2.32. The number of hydrogen-bond donors (Lipinski definition) is 1. The minimum absolute atomic E-state index is 0.247. The van der Waals surface area contributed by atoms with Gasteiger partial charge in [0.2, 0.25) is 11.8 Å². The van der Waals surface area contributed by atoms with Crippen LogP contribution in [0.25, 0.3) is 0 Å². The lowest BCUT2D eigenvalue weighted by atomic mass is 9.75. The van der Waals surface area contributed by atoms with Crippen LogP contribution in [0.15, 0.2) is 42.5 Å². The van der Waals surface area contributed by atoms with Crippen LogP contribution < -0.4 is 14.8 Å². The molecule has 242 valence electrons. The molecule has 1 N–H and O–H groups in total. The van der Waals surface area contributed by atoms with Gasteiger partial charge in [0.15, 0.2) is 17.3 Å². The second kappa shape index (κ2) is 13.9. The molecule has 3 aromatic rings. The third-order valence-corrected chi connectivity index (χ3v) is 9.24. The van der Waals surface area contributed by atoms with Gasteiger partial charge in [-0.2, -0.15) is 10.4 Å². The number of nitrogens with one attached hydrogen (secondary N) is 1. The molecule has 4 atom stereocenters. The molecule has 2 fully saturated rings. The number of halogens is 1. The molecule has 0 saturated carbocycles. The summed E-state index contributed by atoms with van der Waals surface area (Å²) in [7, 11) is 6.12. The van der Waals surface area contributed by atoms with Gasteiger partial charge < -0.3 is 29.3 Å². The molecule has 2 aliphatic rings. The standard InChI is InChI=1S/C33H37ClN6O6/c1-19-26(32(34)38(2)37-19)29-28(31(42)21-8-6-20(17-35)7-9-21)27(22-10-11-23(45-4)24(16-22)46-5)30(40(29)25(41)18-44-3)33(43)39-14-12-36-13-15-39/h6-11,16,27-30,36H,12-15,18H2,1-5H3. The molecule has 2 saturated heterocycles. The number of likely N-dealkylation sites (tertiary alicyclic amines) is 1.